The monoisotopic (exact) mass is 469 g/mol. The minimum absolute atomic E-state index is 0.101. The number of allylic oxidation sites excluding steroid dienone is 1. The summed E-state index contributed by atoms with van der Waals surface area (Å²) in [6.45, 7) is 2.55. The van der Waals surface area contributed by atoms with Crippen LogP contribution in [-0.4, -0.2) is 25.6 Å². The lowest BCUT2D eigenvalue weighted by atomic mass is 10.0. The second-order valence-corrected chi connectivity index (χ2v) is 9.84. The maximum absolute atomic E-state index is 13.2. The highest BCUT2D eigenvalue weighted by atomic mass is 32.2. The van der Waals surface area contributed by atoms with E-state index >= 15 is 0 Å². The minimum Gasteiger partial charge on any atom is -0.342 e. The molecule has 1 N–H and O–H groups in total. The number of hydrogen-bond donors (Lipinski definition) is 1. The van der Waals surface area contributed by atoms with E-state index in [-0.39, 0.29) is 10.8 Å². The van der Waals surface area contributed by atoms with Crippen LogP contribution >= 0.6 is 23.1 Å². The number of carbonyl (C=O) groups is 1. The molecule has 8 heteroatoms. The molecule has 162 valence electrons. The molecule has 2 aromatic heterocycles. The third-order valence-electron chi connectivity index (χ3n) is 5.60. The molecule has 6 nitrogen and oxygen atoms in total. The number of para-hydroxylation sites is 1. The molecule has 0 bridgehead atoms. The SMILES string of the molecule is CCc1nnc([C@@H]2C(=N)S/C(=C\c3cn(Cc4ccccc4C#N)c4ccccc34)C2=O)s1. The fourth-order valence-electron chi connectivity index (χ4n) is 3.95. The van der Waals surface area contributed by atoms with Gasteiger partial charge in [-0.05, 0) is 30.2 Å². The van der Waals surface area contributed by atoms with Crippen LogP contribution in [0.25, 0.3) is 17.0 Å². The molecule has 1 aliphatic rings. The van der Waals surface area contributed by atoms with E-state index in [1.165, 1.54) is 23.1 Å². The van der Waals surface area contributed by atoms with Crippen molar-refractivity contribution in [2.24, 2.45) is 0 Å². The van der Waals surface area contributed by atoms with Gasteiger partial charge in [0.15, 0.2) is 5.78 Å². The molecule has 1 fully saturated rings. The highest BCUT2D eigenvalue weighted by Gasteiger charge is 2.39. The van der Waals surface area contributed by atoms with Crippen molar-refractivity contribution >= 4 is 50.9 Å². The molecule has 3 heterocycles. The summed E-state index contributed by atoms with van der Waals surface area (Å²) in [6.07, 6.45) is 4.64. The number of nitrogens with one attached hydrogen (secondary N) is 1. The normalized spacial score (nSPS) is 17.2. The number of nitriles is 1. The highest BCUT2D eigenvalue weighted by Crippen LogP contribution is 2.42. The zero-order chi connectivity index (χ0) is 22.9. The van der Waals surface area contributed by atoms with Crippen molar-refractivity contribution in [2.75, 3.05) is 0 Å². The maximum Gasteiger partial charge on any atom is 0.186 e. The smallest absolute Gasteiger partial charge is 0.186 e. The summed E-state index contributed by atoms with van der Waals surface area (Å²) in [5, 5.41) is 28.9. The van der Waals surface area contributed by atoms with E-state index in [0.717, 1.165) is 33.5 Å². The Morgan fingerprint density at radius 1 is 1.18 bits per heavy atom. The molecular formula is C25H19N5OS2. The summed E-state index contributed by atoms with van der Waals surface area (Å²) >= 11 is 2.60. The molecule has 33 heavy (non-hydrogen) atoms. The number of hydrogen-bond acceptors (Lipinski definition) is 7. The fraction of sp³-hybridized carbons (Fsp3) is 0.160. The summed E-state index contributed by atoms with van der Waals surface area (Å²) in [4.78, 5) is 13.7. The Labute approximate surface area is 199 Å². The van der Waals surface area contributed by atoms with E-state index < -0.39 is 5.92 Å². The molecular weight excluding hydrogens is 450 g/mol. The van der Waals surface area contributed by atoms with Gasteiger partial charge in [0.05, 0.1) is 21.6 Å². The van der Waals surface area contributed by atoms with Crippen molar-refractivity contribution in [2.45, 2.75) is 25.8 Å². The number of aromatic nitrogens is 3. The Morgan fingerprint density at radius 2 is 1.97 bits per heavy atom. The van der Waals surface area contributed by atoms with Crippen LogP contribution in [0.3, 0.4) is 0 Å². The van der Waals surface area contributed by atoms with Crippen LogP contribution in [0.1, 0.15) is 39.5 Å². The first-order valence-corrected chi connectivity index (χ1v) is 12.1. The van der Waals surface area contributed by atoms with Crippen LogP contribution < -0.4 is 0 Å². The number of thioether (sulfide) groups is 1. The van der Waals surface area contributed by atoms with E-state index in [1.54, 1.807) is 0 Å². The van der Waals surface area contributed by atoms with Gasteiger partial charge < -0.3 is 4.57 Å². The molecule has 5 rings (SSSR count). The van der Waals surface area contributed by atoms with Gasteiger partial charge >= 0.3 is 0 Å². The molecule has 1 saturated heterocycles. The zero-order valence-corrected chi connectivity index (χ0v) is 19.4. The van der Waals surface area contributed by atoms with Gasteiger partial charge in [0, 0.05) is 29.2 Å². The minimum atomic E-state index is -0.657. The molecule has 0 radical (unpaired) electrons. The average Bonchev–Trinajstić information content (AvgIpc) is 3.51. The predicted octanol–water partition coefficient (Wildman–Crippen LogP) is 5.39. The van der Waals surface area contributed by atoms with Crippen molar-refractivity contribution < 1.29 is 4.79 Å². The largest absolute Gasteiger partial charge is 0.342 e. The number of Topliss-reactive ketones (excluding diaryl/α,β-unsaturated/α-hetero) is 1. The van der Waals surface area contributed by atoms with Crippen LogP contribution in [0.15, 0.2) is 59.6 Å². The van der Waals surface area contributed by atoms with Gasteiger partial charge in [-0.2, -0.15) is 5.26 Å². The standard InChI is InChI=1S/C25H19N5OS2/c1-2-21-28-29-25(33-21)22-23(31)20(32-24(22)27)11-17-14-30(19-10-6-5-9-18(17)19)13-16-8-4-3-7-15(16)12-26/h3-11,14,22,27H,2,13H2,1H3/b20-11-,27-24?/t22-/m0/s1. The van der Waals surface area contributed by atoms with E-state index in [0.29, 0.717) is 22.0 Å². The molecule has 1 atom stereocenters. The predicted molar refractivity (Wildman–Crippen MR) is 133 cm³/mol. The first-order valence-electron chi connectivity index (χ1n) is 10.5. The number of rotatable bonds is 5. The number of ketones is 1. The summed E-state index contributed by atoms with van der Waals surface area (Å²) in [5.74, 6) is -0.759. The number of nitrogens with zero attached hydrogens (tertiary/aromatic N) is 4. The zero-order valence-electron chi connectivity index (χ0n) is 17.8. The Bertz CT molecular complexity index is 1470. The second-order valence-electron chi connectivity index (χ2n) is 7.66. The van der Waals surface area contributed by atoms with Gasteiger partial charge in [-0.3, -0.25) is 10.2 Å². The van der Waals surface area contributed by atoms with E-state index in [4.69, 9.17) is 5.41 Å². The van der Waals surface area contributed by atoms with Crippen LogP contribution in [-0.2, 0) is 17.8 Å². The molecule has 0 amide bonds. The molecule has 4 aromatic rings. The van der Waals surface area contributed by atoms with E-state index in [1.807, 2.05) is 67.7 Å². The van der Waals surface area contributed by atoms with Crippen LogP contribution in [0.2, 0.25) is 0 Å². The Morgan fingerprint density at radius 3 is 2.76 bits per heavy atom. The third-order valence-corrected chi connectivity index (χ3v) is 7.73. The molecule has 0 unspecified atom stereocenters. The van der Waals surface area contributed by atoms with Crippen LogP contribution in [0.5, 0.6) is 0 Å². The summed E-state index contributed by atoms with van der Waals surface area (Å²) < 4.78 is 2.10. The third kappa shape index (κ3) is 3.90. The summed E-state index contributed by atoms with van der Waals surface area (Å²) in [7, 11) is 0. The Balaban J connectivity index is 1.52. The van der Waals surface area contributed by atoms with Crippen molar-refractivity contribution in [1.82, 2.24) is 14.8 Å². The van der Waals surface area contributed by atoms with Gasteiger partial charge in [-0.25, -0.2) is 0 Å². The number of aryl methyl sites for hydroxylation is 1. The lowest BCUT2D eigenvalue weighted by Crippen LogP contribution is -2.11. The van der Waals surface area contributed by atoms with Crippen molar-refractivity contribution in [1.29, 1.82) is 10.7 Å². The first-order chi connectivity index (χ1) is 16.1. The Kier molecular flexibility index (Phi) is 5.67. The quantitative estimate of drug-likeness (QED) is 0.395. The number of benzene rings is 2. The maximum atomic E-state index is 13.2. The highest BCUT2D eigenvalue weighted by molar-refractivity contribution is 8.19. The molecule has 0 saturated carbocycles. The molecule has 1 aliphatic heterocycles. The number of fused-ring (bicyclic) bond motifs is 1. The van der Waals surface area contributed by atoms with Crippen LogP contribution in [0, 0.1) is 16.7 Å². The van der Waals surface area contributed by atoms with Gasteiger partial charge in [-0.1, -0.05) is 55.1 Å². The first kappa shape index (κ1) is 21.3. The number of carbonyl (C=O) groups excluding carboxylic acids is 1. The van der Waals surface area contributed by atoms with Gasteiger partial charge in [0.25, 0.3) is 0 Å². The molecule has 2 aromatic carbocycles. The van der Waals surface area contributed by atoms with Crippen molar-refractivity contribution in [3.05, 3.63) is 86.3 Å². The molecule has 0 aliphatic carbocycles. The van der Waals surface area contributed by atoms with E-state index in [9.17, 15) is 10.1 Å². The van der Waals surface area contributed by atoms with Crippen LogP contribution in [0.4, 0.5) is 0 Å². The molecule has 0 spiro atoms. The van der Waals surface area contributed by atoms with Crippen molar-refractivity contribution in [3.63, 3.8) is 0 Å². The van der Waals surface area contributed by atoms with Gasteiger partial charge in [0.2, 0.25) is 0 Å². The fourth-order valence-corrected chi connectivity index (χ4v) is 5.90. The van der Waals surface area contributed by atoms with Gasteiger partial charge in [-0.15, -0.1) is 21.5 Å². The Hall–Kier alpha value is -3.54. The average molecular weight is 470 g/mol. The van der Waals surface area contributed by atoms with Crippen molar-refractivity contribution in [3.8, 4) is 6.07 Å². The van der Waals surface area contributed by atoms with Gasteiger partial charge in [0.1, 0.15) is 15.9 Å². The summed E-state index contributed by atoms with van der Waals surface area (Å²) in [6, 6.07) is 17.8. The lowest BCUT2D eigenvalue weighted by molar-refractivity contribution is -0.114. The topological polar surface area (TPSA) is 95.4 Å². The lowest BCUT2D eigenvalue weighted by Gasteiger charge is -2.07. The second kappa shape index (κ2) is 8.77. The summed E-state index contributed by atoms with van der Waals surface area (Å²) in [5.41, 5.74) is 3.53. The van der Waals surface area contributed by atoms with E-state index in [2.05, 4.69) is 20.8 Å².